The Morgan fingerprint density at radius 1 is 0.881 bits per heavy atom. The topological polar surface area (TPSA) is 33.7 Å². The maximum Gasteiger partial charge on any atom is 0.251 e. The quantitative estimate of drug-likeness (QED) is 0.274. The number of hydrogen-bond donors (Lipinski definition) is 1. The second kappa shape index (κ2) is 14.4. The van der Waals surface area contributed by atoms with Gasteiger partial charge < -0.3 is 14.8 Å². The van der Waals surface area contributed by atoms with Crippen LogP contribution in [-0.2, 0) is 13.0 Å². The van der Waals surface area contributed by atoms with Crippen LogP contribution < -0.4 is 14.8 Å². The van der Waals surface area contributed by atoms with Crippen LogP contribution in [0, 0.1) is 11.6 Å². The van der Waals surface area contributed by atoms with E-state index in [0.717, 1.165) is 62.7 Å². The van der Waals surface area contributed by atoms with Crippen molar-refractivity contribution >= 4 is 0 Å². The molecule has 0 aliphatic carbocycles. The third-order valence-electron chi connectivity index (χ3n) is 8.31. The highest BCUT2D eigenvalue weighted by Crippen LogP contribution is 2.42. The van der Waals surface area contributed by atoms with Crippen LogP contribution in [0.2, 0.25) is 0 Å². The monoisotopic (exact) mass is 584 g/mol. The van der Waals surface area contributed by atoms with Crippen molar-refractivity contribution < 1.29 is 27.0 Å². The molecule has 1 N–H and O–H groups in total. The van der Waals surface area contributed by atoms with E-state index in [1.54, 1.807) is 12.1 Å². The smallest absolute Gasteiger partial charge is 0.251 e. The number of rotatable bonds is 8. The molecule has 0 spiro atoms. The summed E-state index contributed by atoms with van der Waals surface area (Å²) in [6.07, 6.45) is 3.39. The molecule has 0 amide bonds. The largest absolute Gasteiger partial charge is 0.490 e. The van der Waals surface area contributed by atoms with Gasteiger partial charge in [0.1, 0.15) is 29.7 Å². The van der Waals surface area contributed by atoms with E-state index in [0.29, 0.717) is 24.3 Å². The first-order valence-electron chi connectivity index (χ1n) is 15.1. The Hall–Kier alpha value is -3.10. The first-order chi connectivity index (χ1) is 20.4. The zero-order valence-corrected chi connectivity index (χ0v) is 24.1. The molecule has 0 bridgehead atoms. The number of ether oxygens (including phenoxy) is 2. The van der Waals surface area contributed by atoms with Gasteiger partial charge in [-0.15, -0.1) is 0 Å². The lowest BCUT2D eigenvalue weighted by Crippen LogP contribution is -2.45. The van der Waals surface area contributed by atoms with Gasteiger partial charge >= 0.3 is 0 Å². The lowest BCUT2D eigenvalue weighted by molar-refractivity contribution is 0.0444. The molecule has 3 aromatic carbocycles. The van der Waals surface area contributed by atoms with Gasteiger partial charge in [0.15, 0.2) is 0 Å². The zero-order chi connectivity index (χ0) is 29.5. The number of halogens is 4. The van der Waals surface area contributed by atoms with E-state index >= 15 is 8.78 Å². The maximum absolute atomic E-state index is 15.9. The van der Waals surface area contributed by atoms with Crippen molar-refractivity contribution in [3.05, 3.63) is 94.6 Å². The fourth-order valence-corrected chi connectivity index (χ4v) is 6.21. The van der Waals surface area contributed by atoms with Crippen LogP contribution in [0.5, 0.6) is 11.5 Å². The van der Waals surface area contributed by atoms with Crippen molar-refractivity contribution in [3.63, 3.8) is 0 Å². The molecule has 3 atom stereocenters. The molecule has 2 heterocycles. The molecule has 2 aliphatic rings. The van der Waals surface area contributed by atoms with E-state index in [1.165, 1.54) is 17.0 Å². The summed E-state index contributed by atoms with van der Waals surface area (Å²) in [5.41, 5.74) is 2.21. The number of hydrogen-bond acceptors (Lipinski definition) is 4. The fourth-order valence-electron chi connectivity index (χ4n) is 6.21. The highest BCUT2D eigenvalue weighted by Gasteiger charge is 2.38. The molecule has 8 heteroatoms. The van der Waals surface area contributed by atoms with Gasteiger partial charge in [-0.3, -0.25) is 4.90 Å². The SMILES string of the molecule is C[C@@H]1Cc2cc(OCc3ccccc3)ccc2C(c2c(F)cc(OC3CCCCCNCCC3)cc2F)N1CC(F)F. The van der Waals surface area contributed by atoms with Crippen LogP contribution in [0.25, 0.3) is 0 Å². The van der Waals surface area contributed by atoms with E-state index in [9.17, 15) is 8.78 Å². The molecule has 4 nitrogen and oxygen atoms in total. The zero-order valence-electron chi connectivity index (χ0n) is 24.1. The van der Waals surface area contributed by atoms with Crippen LogP contribution >= 0.6 is 0 Å². The van der Waals surface area contributed by atoms with Gasteiger partial charge in [0.25, 0.3) is 6.43 Å². The van der Waals surface area contributed by atoms with E-state index in [-0.39, 0.29) is 23.5 Å². The van der Waals surface area contributed by atoms with Crippen molar-refractivity contribution in [2.24, 2.45) is 0 Å². The first-order valence-corrected chi connectivity index (χ1v) is 15.1. The van der Waals surface area contributed by atoms with Crippen molar-refractivity contribution in [2.75, 3.05) is 19.6 Å². The standard InChI is InChI=1S/C34H40F4N2O2/c1-23-17-25-18-27(41-22-24-9-4-2-5-10-24)13-14-29(25)34(40(23)21-32(37)38)33-30(35)19-28(20-31(33)36)42-26-11-6-3-7-15-39-16-8-12-26/h2,4-5,9-10,13-14,18-20,23,26,32,34,39H,3,6-8,11-12,15-17,21-22H2,1H3/t23-,26?,34?/m1/s1. The Morgan fingerprint density at radius 2 is 1.62 bits per heavy atom. The van der Waals surface area contributed by atoms with Gasteiger partial charge in [0.05, 0.1) is 18.7 Å². The van der Waals surface area contributed by atoms with Gasteiger partial charge in [-0.2, -0.15) is 0 Å². The molecular weight excluding hydrogens is 544 g/mol. The maximum atomic E-state index is 15.9. The van der Waals surface area contributed by atoms with Gasteiger partial charge in [0.2, 0.25) is 0 Å². The molecule has 0 radical (unpaired) electrons. The van der Waals surface area contributed by atoms with E-state index in [1.807, 2.05) is 43.3 Å². The third-order valence-corrected chi connectivity index (χ3v) is 8.31. The van der Waals surface area contributed by atoms with Crippen LogP contribution in [0.3, 0.4) is 0 Å². The summed E-state index contributed by atoms with van der Waals surface area (Å²) in [5, 5.41) is 3.41. The summed E-state index contributed by atoms with van der Waals surface area (Å²) in [5.74, 6) is -0.824. The Bertz CT molecular complexity index is 1270. The molecule has 3 aromatic rings. The van der Waals surface area contributed by atoms with Gasteiger partial charge in [0, 0.05) is 23.7 Å². The van der Waals surface area contributed by atoms with E-state index in [4.69, 9.17) is 9.47 Å². The van der Waals surface area contributed by atoms with Crippen molar-refractivity contribution in [3.8, 4) is 11.5 Å². The van der Waals surface area contributed by atoms with Crippen LogP contribution in [0.15, 0.2) is 60.7 Å². The normalized spacial score (nSPS) is 22.0. The summed E-state index contributed by atoms with van der Waals surface area (Å²) in [7, 11) is 0. The molecule has 0 saturated carbocycles. The molecule has 0 aromatic heterocycles. The first kappa shape index (κ1) is 30.4. The minimum Gasteiger partial charge on any atom is -0.490 e. The highest BCUT2D eigenvalue weighted by atomic mass is 19.3. The minimum absolute atomic E-state index is 0.130. The highest BCUT2D eigenvalue weighted by molar-refractivity contribution is 5.46. The third kappa shape index (κ3) is 7.64. The summed E-state index contributed by atoms with van der Waals surface area (Å²) < 4.78 is 71.3. The minimum atomic E-state index is -2.65. The summed E-state index contributed by atoms with van der Waals surface area (Å²) in [4.78, 5) is 1.51. The molecule has 2 unspecified atom stereocenters. The van der Waals surface area contributed by atoms with Crippen molar-refractivity contribution in [1.29, 1.82) is 0 Å². The Labute approximate surface area is 246 Å². The van der Waals surface area contributed by atoms with Gasteiger partial charge in [-0.05, 0) is 87.4 Å². The fraction of sp³-hybridized carbons (Fsp3) is 0.471. The van der Waals surface area contributed by atoms with Crippen LogP contribution in [0.1, 0.15) is 73.7 Å². The number of nitrogens with zero attached hydrogens (tertiary/aromatic N) is 1. The summed E-state index contributed by atoms with van der Waals surface area (Å²) >= 11 is 0. The molecule has 2 aliphatic heterocycles. The second-order valence-electron chi connectivity index (χ2n) is 11.5. The Morgan fingerprint density at radius 3 is 2.38 bits per heavy atom. The Kier molecular flexibility index (Phi) is 10.4. The van der Waals surface area contributed by atoms with Crippen LogP contribution in [-0.4, -0.2) is 43.1 Å². The molecule has 42 heavy (non-hydrogen) atoms. The Balaban J connectivity index is 1.42. The predicted molar refractivity (Wildman–Crippen MR) is 156 cm³/mol. The molecule has 226 valence electrons. The lowest BCUT2D eigenvalue weighted by atomic mass is 9.84. The summed E-state index contributed by atoms with van der Waals surface area (Å²) in [6.45, 7) is 3.50. The predicted octanol–water partition coefficient (Wildman–Crippen LogP) is 7.84. The number of fused-ring (bicyclic) bond motifs is 1. The second-order valence-corrected chi connectivity index (χ2v) is 11.5. The van der Waals surface area contributed by atoms with Gasteiger partial charge in [-0.25, -0.2) is 17.6 Å². The van der Waals surface area contributed by atoms with E-state index < -0.39 is 30.6 Å². The van der Waals surface area contributed by atoms with Crippen LogP contribution in [0.4, 0.5) is 17.6 Å². The van der Waals surface area contributed by atoms with E-state index in [2.05, 4.69) is 5.32 Å². The molecular formula is C34H40F4N2O2. The average molecular weight is 585 g/mol. The lowest BCUT2D eigenvalue weighted by Gasteiger charge is -2.42. The molecule has 5 rings (SSSR count). The number of nitrogens with one attached hydrogen (secondary N) is 1. The average Bonchev–Trinajstić information content (AvgIpc) is 2.96. The van der Waals surface area contributed by atoms with Gasteiger partial charge in [-0.1, -0.05) is 42.8 Å². The molecule has 1 saturated heterocycles. The number of benzene rings is 3. The van der Waals surface area contributed by atoms with Crippen molar-refractivity contribution in [1.82, 2.24) is 10.2 Å². The number of alkyl halides is 2. The van der Waals surface area contributed by atoms with Crippen molar-refractivity contribution in [2.45, 2.75) is 83.1 Å². The summed E-state index contributed by atoms with van der Waals surface area (Å²) in [6, 6.07) is 16.2. The molecule has 1 fully saturated rings.